The van der Waals surface area contributed by atoms with Crippen molar-refractivity contribution in [1.82, 2.24) is 0 Å². The van der Waals surface area contributed by atoms with Crippen molar-refractivity contribution >= 4 is 22.6 Å². The molecule has 0 spiro atoms. The van der Waals surface area contributed by atoms with Gasteiger partial charge in [-0.15, -0.1) is 0 Å². The molecule has 0 aromatic rings. The van der Waals surface area contributed by atoms with Crippen molar-refractivity contribution in [1.29, 1.82) is 0 Å². The zero-order chi connectivity index (χ0) is 4.83. The van der Waals surface area contributed by atoms with E-state index in [1.807, 2.05) is 22.6 Å². The van der Waals surface area contributed by atoms with Crippen molar-refractivity contribution in [3.05, 3.63) is 0 Å². The van der Waals surface area contributed by atoms with Crippen LogP contribution in [0.25, 0.3) is 0 Å². The molecule has 0 aromatic heterocycles. The lowest BCUT2D eigenvalue weighted by atomic mass is 10.5. The van der Waals surface area contributed by atoms with Crippen molar-refractivity contribution < 1.29 is 5.11 Å². The fourth-order valence-corrected chi connectivity index (χ4v) is 0.373. The molecule has 0 saturated carbocycles. The summed E-state index contributed by atoms with van der Waals surface area (Å²) in [6, 6.07) is 0. The maximum atomic E-state index is 8.09. The highest BCUT2D eigenvalue weighted by atomic mass is 127. The maximum Gasteiger partial charge on any atom is 0.0540 e. The van der Waals surface area contributed by atoms with Crippen LogP contribution in [0.5, 0.6) is 0 Å². The second-order valence-electron chi connectivity index (χ2n) is 0.745. The number of halogens is 1. The molecular formula is C4H5IO. The predicted molar refractivity (Wildman–Crippen MR) is 33.5 cm³/mol. The average molecular weight is 196 g/mol. The van der Waals surface area contributed by atoms with Crippen molar-refractivity contribution in [2.24, 2.45) is 0 Å². The molecule has 2 heteroatoms. The lowest BCUT2D eigenvalue weighted by Crippen LogP contribution is -1.73. The van der Waals surface area contributed by atoms with Crippen molar-refractivity contribution in [3.8, 4) is 9.85 Å². The molecule has 0 aliphatic rings. The Bertz CT molecular complexity index is 69.4. The molecular weight excluding hydrogens is 191 g/mol. The molecule has 6 heavy (non-hydrogen) atoms. The Morgan fingerprint density at radius 2 is 2.33 bits per heavy atom. The van der Waals surface area contributed by atoms with Gasteiger partial charge in [0.15, 0.2) is 0 Å². The van der Waals surface area contributed by atoms with Gasteiger partial charge in [0.1, 0.15) is 0 Å². The predicted octanol–water partition coefficient (Wildman–Crippen LogP) is 0.765. The summed E-state index contributed by atoms with van der Waals surface area (Å²) in [5.74, 6) is 2.68. The number of aliphatic hydroxyl groups is 1. The van der Waals surface area contributed by atoms with E-state index in [1.165, 1.54) is 0 Å². The van der Waals surface area contributed by atoms with Crippen molar-refractivity contribution in [3.63, 3.8) is 0 Å². The Kier molecular flexibility index (Phi) is 5.47. The van der Waals surface area contributed by atoms with E-state index >= 15 is 0 Å². The molecule has 0 atom stereocenters. The van der Waals surface area contributed by atoms with Crippen LogP contribution in [-0.2, 0) is 0 Å². The summed E-state index contributed by atoms with van der Waals surface area (Å²) in [5, 5.41) is 8.09. The first-order valence-corrected chi connectivity index (χ1v) is 2.69. The largest absolute Gasteiger partial charge is 0.395 e. The summed E-state index contributed by atoms with van der Waals surface area (Å²) in [6.45, 7) is 0.177. The van der Waals surface area contributed by atoms with Gasteiger partial charge in [0.05, 0.1) is 6.61 Å². The minimum Gasteiger partial charge on any atom is -0.395 e. The molecule has 0 aromatic carbocycles. The number of hydrogen-bond donors (Lipinski definition) is 1. The topological polar surface area (TPSA) is 20.2 Å². The molecule has 0 unspecified atom stereocenters. The summed E-state index contributed by atoms with van der Waals surface area (Å²) in [4.78, 5) is 0. The third-order valence-electron chi connectivity index (χ3n) is 0.304. The normalized spacial score (nSPS) is 6.33. The van der Waals surface area contributed by atoms with E-state index in [1.54, 1.807) is 0 Å². The van der Waals surface area contributed by atoms with Crippen LogP contribution < -0.4 is 0 Å². The molecule has 0 aliphatic carbocycles. The average Bonchev–Trinajstić information content (AvgIpc) is 1.61. The monoisotopic (exact) mass is 196 g/mol. The summed E-state index contributed by atoms with van der Waals surface area (Å²) in [6.07, 6.45) is 0.600. The fraction of sp³-hybridized carbons (Fsp3) is 0.500. The maximum absolute atomic E-state index is 8.09. The molecule has 0 heterocycles. The van der Waals surface area contributed by atoms with Gasteiger partial charge in [-0.1, -0.05) is 5.92 Å². The lowest BCUT2D eigenvalue weighted by molar-refractivity contribution is 0.305. The van der Waals surface area contributed by atoms with Gasteiger partial charge in [-0.05, 0) is 3.93 Å². The molecule has 0 rings (SSSR count). The van der Waals surface area contributed by atoms with Gasteiger partial charge < -0.3 is 5.11 Å². The van der Waals surface area contributed by atoms with Crippen LogP contribution in [0.2, 0.25) is 0 Å². The van der Waals surface area contributed by atoms with Crippen molar-refractivity contribution in [2.45, 2.75) is 6.42 Å². The van der Waals surface area contributed by atoms with E-state index in [9.17, 15) is 0 Å². The van der Waals surface area contributed by atoms with Crippen LogP contribution in [0.4, 0.5) is 0 Å². The van der Waals surface area contributed by atoms with Crippen LogP contribution in [0.15, 0.2) is 0 Å². The summed E-state index contributed by atoms with van der Waals surface area (Å²) in [7, 11) is 0. The number of hydrogen-bond acceptors (Lipinski definition) is 1. The summed E-state index contributed by atoms with van der Waals surface area (Å²) in [5.41, 5.74) is 0. The van der Waals surface area contributed by atoms with Gasteiger partial charge >= 0.3 is 0 Å². The minimum absolute atomic E-state index is 0.177. The standard InChI is InChI=1S/C4H5IO/c5-3-1-2-4-6/h6H,2,4H2. The molecule has 34 valence electrons. The quantitative estimate of drug-likeness (QED) is 0.485. The second-order valence-corrected chi connectivity index (χ2v) is 1.28. The lowest BCUT2D eigenvalue weighted by Gasteiger charge is -1.71. The van der Waals surface area contributed by atoms with E-state index in [0.717, 1.165) is 0 Å². The molecule has 1 nitrogen and oxygen atoms in total. The van der Waals surface area contributed by atoms with E-state index in [0.29, 0.717) is 6.42 Å². The highest BCUT2D eigenvalue weighted by molar-refractivity contribution is 14.1. The highest BCUT2D eigenvalue weighted by Crippen LogP contribution is 1.73. The SMILES string of the molecule is OCCC#CI. The smallest absolute Gasteiger partial charge is 0.0540 e. The van der Waals surface area contributed by atoms with Crippen LogP contribution in [0, 0.1) is 9.85 Å². The van der Waals surface area contributed by atoms with E-state index < -0.39 is 0 Å². The van der Waals surface area contributed by atoms with E-state index in [-0.39, 0.29) is 6.61 Å². The zero-order valence-corrected chi connectivity index (χ0v) is 5.40. The van der Waals surface area contributed by atoms with Gasteiger partial charge in [0, 0.05) is 29.0 Å². The Balaban J connectivity index is 2.79. The molecule has 0 fully saturated rings. The van der Waals surface area contributed by atoms with Gasteiger partial charge in [-0.25, -0.2) is 0 Å². The minimum atomic E-state index is 0.177. The Morgan fingerprint density at radius 3 is 2.50 bits per heavy atom. The third kappa shape index (κ3) is 4.25. The van der Waals surface area contributed by atoms with Crippen LogP contribution in [0.3, 0.4) is 0 Å². The number of aliphatic hydroxyl groups excluding tert-OH is 1. The Hall–Kier alpha value is 0.250. The number of rotatable bonds is 1. The Morgan fingerprint density at radius 1 is 1.67 bits per heavy atom. The van der Waals surface area contributed by atoms with E-state index in [4.69, 9.17) is 5.11 Å². The van der Waals surface area contributed by atoms with Crippen LogP contribution in [0.1, 0.15) is 6.42 Å². The summed E-state index contributed by atoms with van der Waals surface area (Å²) >= 11 is 1.94. The van der Waals surface area contributed by atoms with E-state index in [2.05, 4.69) is 9.85 Å². The zero-order valence-electron chi connectivity index (χ0n) is 3.24. The fourth-order valence-electron chi connectivity index (χ4n) is 0.103. The Labute approximate surface area is 50.9 Å². The third-order valence-corrected chi connectivity index (χ3v) is 0.685. The molecule has 0 radical (unpaired) electrons. The van der Waals surface area contributed by atoms with Gasteiger partial charge in [-0.3, -0.25) is 0 Å². The molecule has 0 saturated heterocycles. The molecule has 1 N–H and O–H groups in total. The van der Waals surface area contributed by atoms with Gasteiger partial charge in [0.25, 0.3) is 0 Å². The van der Waals surface area contributed by atoms with Gasteiger partial charge in [-0.2, -0.15) is 0 Å². The first-order valence-electron chi connectivity index (χ1n) is 1.61. The second kappa shape index (κ2) is 5.25. The van der Waals surface area contributed by atoms with Crippen LogP contribution in [-0.4, -0.2) is 11.7 Å². The summed E-state index contributed by atoms with van der Waals surface area (Å²) < 4.78 is 2.63. The van der Waals surface area contributed by atoms with Gasteiger partial charge in [0.2, 0.25) is 0 Å². The molecule has 0 aliphatic heterocycles. The first-order chi connectivity index (χ1) is 2.91. The molecule has 0 amide bonds. The highest BCUT2D eigenvalue weighted by Gasteiger charge is 1.65. The molecule has 0 bridgehead atoms. The first kappa shape index (κ1) is 6.25. The van der Waals surface area contributed by atoms with Crippen LogP contribution >= 0.6 is 22.6 Å². The van der Waals surface area contributed by atoms with Crippen molar-refractivity contribution in [2.75, 3.05) is 6.61 Å².